The zero-order valence-electron chi connectivity index (χ0n) is 15.2. The highest BCUT2D eigenvalue weighted by atomic mass is 16.1. The zero-order valence-corrected chi connectivity index (χ0v) is 15.2. The summed E-state index contributed by atoms with van der Waals surface area (Å²) in [6.45, 7) is 5.49. The SMILES string of the molecule is CCNC(=NCc1ccc(C(N)=O)cc1)N1CCC(c2ccccc2)C1. The molecule has 1 aliphatic rings. The molecule has 3 N–H and O–H groups in total. The Morgan fingerprint density at radius 2 is 1.92 bits per heavy atom. The van der Waals surface area contributed by atoms with E-state index in [0.717, 1.165) is 37.6 Å². The fraction of sp³-hybridized carbons (Fsp3) is 0.333. The Bertz CT molecular complexity index is 755. The van der Waals surface area contributed by atoms with Crippen LogP contribution in [0.2, 0.25) is 0 Å². The largest absolute Gasteiger partial charge is 0.366 e. The van der Waals surface area contributed by atoms with Gasteiger partial charge in [0.15, 0.2) is 5.96 Å². The molecule has 1 fully saturated rings. The smallest absolute Gasteiger partial charge is 0.248 e. The Morgan fingerprint density at radius 1 is 1.19 bits per heavy atom. The molecular weight excluding hydrogens is 324 g/mol. The molecule has 1 unspecified atom stereocenters. The topological polar surface area (TPSA) is 70.7 Å². The monoisotopic (exact) mass is 350 g/mol. The minimum absolute atomic E-state index is 0.405. The van der Waals surface area contributed by atoms with Crippen molar-refractivity contribution in [3.05, 3.63) is 71.3 Å². The Morgan fingerprint density at radius 3 is 2.58 bits per heavy atom. The van der Waals surface area contributed by atoms with Crippen LogP contribution in [0.3, 0.4) is 0 Å². The molecule has 1 amide bonds. The second-order valence-corrected chi connectivity index (χ2v) is 6.57. The van der Waals surface area contributed by atoms with Gasteiger partial charge in [-0.2, -0.15) is 0 Å². The van der Waals surface area contributed by atoms with Crippen molar-refractivity contribution in [2.24, 2.45) is 10.7 Å². The van der Waals surface area contributed by atoms with Crippen molar-refractivity contribution in [1.29, 1.82) is 0 Å². The standard InChI is InChI=1S/C21H26N4O/c1-2-23-21(24-14-16-8-10-18(11-9-16)20(22)26)25-13-12-19(15-25)17-6-4-3-5-7-17/h3-11,19H,2,12-15H2,1H3,(H2,22,26)(H,23,24). The van der Waals surface area contributed by atoms with Crippen LogP contribution in [0.5, 0.6) is 0 Å². The number of primary amides is 1. The van der Waals surface area contributed by atoms with Gasteiger partial charge in [-0.1, -0.05) is 42.5 Å². The molecule has 2 aromatic carbocycles. The number of likely N-dealkylation sites (tertiary alicyclic amines) is 1. The number of nitrogens with one attached hydrogen (secondary N) is 1. The van der Waals surface area contributed by atoms with Crippen molar-refractivity contribution < 1.29 is 4.79 Å². The van der Waals surface area contributed by atoms with Gasteiger partial charge in [0.25, 0.3) is 0 Å². The third kappa shape index (κ3) is 4.42. The van der Waals surface area contributed by atoms with Gasteiger partial charge in [0, 0.05) is 31.1 Å². The van der Waals surface area contributed by atoms with Crippen LogP contribution in [-0.2, 0) is 6.54 Å². The van der Waals surface area contributed by atoms with Crippen molar-refractivity contribution in [3.63, 3.8) is 0 Å². The van der Waals surface area contributed by atoms with Crippen molar-refractivity contribution >= 4 is 11.9 Å². The van der Waals surface area contributed by atoms with Gasteiger partial charge in [-0.05, 0) is 36.6 Å². The van der Waals surface area contributed by atoms with Gasteiger partial charge < -0.3 is 16.0 Å². The second kappa shape index (κ2) is 8.52. The number of nitrogens with two attached hydrogens (primary N) is 1. The van der Waals surface area contributed by atoms with Gasteiger partial charge in [0.1, 0.15) is 0 Å². The number of carbonyl (C=O) groups excluding carboxylic acids is 1. The van der Waals surface area contributed by atoms with Crippen molar-refractivity contribution in [3.8, 4) is 0 Å². The number of rotatable bonds is 5. The van der Waals surface area contributed by atoms with Crippen LogP contribution in [0.15, 0.2) is 59.6 Å². The number of aliphatic imine (C=N–C) groups is 1. The highest BCUT2D eigenvalue weighted by Gasteiger charge is 2.25. The third-order valence-electron chi connectivity index (χ3n) is 4.74. The summed E-state index contributed by atoms with van der Waals surface area (Å²) in [4.78, 5) is 18.3. The van der Waals surface area contributed by atoms with Gasteiger partial charge in [-0.25, -0.2) is 4.99 Å². The maximum Gasteiger partial charge on any atom is 0.248 e. The number of nitrogens with zero attached hydrogens (tertiary/aromatic N) is 2. The van der Waals surface area contributed by atoms with Crippen LogP contribution in [0.1, 0.15) is 40.7 Å². The lowest BCUT2D eigenvalue weighted by molar-refractivity contribution is 0.100. The first-order valence-electron chi connectivity index (χ1n) is 9.14. The van der Waals surface area contributed by atoms with E-state index in [4.69, 9.17) is 10.7 Å². The molecule has 3 rings (SSSR count). The molecule has 0 radical (unpaired) electrons. The van der Waals surface area contributed by atoms with E-state index in [1.807, 2.05) is 12.1 Å². The molecule has 0 saturated carbocycles. The predicted molar refractivity (Wildman–Crippen MR) is 105 cm³/mol. The molecule has 5 heteroatoms. The van der Waals surface area contributed by atoms with E-state index in [2.05, 4.69) is 47.5 Å². The summed E-state index contributed by atoms with van der Waals surface area (Å²) in [5.41, 5.74) is 8.26. The average Bonchev–Trinajstić information content (AvgIpc) is 3.16. The molecule has 1 aliphatic heterocycles. The Hall–Kier alpha value is -2.82. The Kier molecular flexibility index (Phi) is 5.89. The van der Waals surface area contributed by atoms with Gasteiger partial charge in [0.2, 0.25) is 5.91 Å². The maximum atomic E-state index is 11.2. The molecule has 1 saturated heterocycles. The molecule has 5 nitrogen and oxygen atoms in total. The molecule has 26 heavy (non-hydrogen) atoms. The highest BCUT2D eigenvalue weighted by molar-refractivity contribution is 5.92. The predicted octanol–water partition coefficient (Wildman–Crippen LogP) is 2.74. The third-order valence-corrected chi connectivity index (χ3v) is 4.74. The fourth-order valence-corrected chi connectivity index (χ4v) is 3.32. The number of hydrogen-bond acceptors (Lipinski definition) is 2. The van der Waals surface area contributed by atoms with E-state index in [9.17, 15) is 4.79 Å². The summed E-state index contributed by atoms with van der Waals surface area (Å²) in [5, 5.41) is 3.40. The van der Waals surface area contributed by atoms with Gasteiger partial charge in [-0.3, -0.25) is 4.79 Å². The summed E-state index contributed by atoms with van der Waals surface area (Å²) in [7, 11) is 0. The summed E-state index contributed by atoms with van der Waals surface area (Å²) < 4.78 is 0. The van der Waals surface area contributed by atoms with Crippen LogP contribution in [0, 0.1) is 0 Å². The number of guanidine groups is 1. The molecule has 2 aromatic rings. The first-order chi connectivity index (χ1) is 12.7. The Labute approximate surface area is 154 Å². The number of hydrogen-bond donors (Lipinski definition) is 2. The average molecular weight is 350 g/mol. The molecule has 0 aromatic heterocycles. The van der Waals surface area contributed by atoms with E-state index in [0.29, 0.717) is 18.0 Å². The zero-order chi connectivity index (χ0) is 18.4. The second-order valence-electron chi connectivity index (χ2n) is 6.57. The molecular formula is C21H26N4O. The molecule has 1 heterocycles. The number of benzene rings is 2. The fourth-order valence-electron chi connectivity index (χ4n) is 3.32. The molecule has 136 valence electrons. The highest BCUT2D eigenvalue weighted by Crippen LogP contribution is 2.26. The van der Waals surface area contributed by atoms with Crippen LogP contribution >= 0.6 is 0 Å². The van der Waals surface area contributed by atoms with E-state index >= 15 is 0 Å². The molecule has 0 bridgehead atoms. The summed E-state index contributed by atoms with van der Waals surface area (Å²) in [6, 6.07) is 18.0. The normalized spacial score (nSPS) is 17.3. The summed E-state index contributed by atoms with van der Waals surface area (Å²) in [5.74, 6) is 1.09. The summed E-state index contributed by atoms with van der Waals surface area (Å²) >= 11 is 0. The summed E-state index contributed by atoms with van der Waals surface area (Å²) in [6.07, 6.45) is 1.14. The maximum absolute atomic E-state index is 11.2. The van der Waals surface area contributed by atoms with Crippen molar-refractivity contribution in [2.75, 3.05) is 19.6 Å². The lowest BCUT2D eigenvalue weighted by Crippen LogP contribution is -2.40. The van der Waals surface area contributed by atoms with Gasteiger partial charge in [0.05, 0.1) is 6.54 Å². The van der Waals surface area contributed by atoms with Crippen LogP contribution in [0.25, 0.3) is 0 Å². The lowest BCUT2D eigenvalue weighted by atomic mass is 9.99. The molecule has 0 aliphatic carbocycles. The van der Waals surface area contributed by atoms with Crippen LogP contribution in [0.4, 0.5) is 0 Å². The minimum atomic E-state index is -0.405. The van der Waals surface area contributed by atoms with Gasteiger partial charge in [-0.15, -0.1) is 0 Å². The Balaban J connectivity index is 1.66. The van der Waals surface area contributed by atoms with E-state index in [1.165, 1.54) is 5.56 Å². The minimum Gasteiger partial charge on any atom is -0.366 e. The number of amides is 1. The van der Waals surface area contributed by atoms with Crippen molar-refractivity contribution in [1.82, 2.24) is 10.2 Å². The first kappa shape index (κ1) is 18.0. The van der Waals surface area contributed by atoms with Crippen molar-refractivity contribution in [2.45, 2.75) is 25.8 Å². The number of carbonyl (C=O) groups is 1. The van der Waals surface area contributed by atoms with E-state index in [-0.39, 0.29) is 0 Å². The molecule has 0 spiro atoms. The van der Waals surface area contributed by atoms with E-state index < -0.39 is 5.91 Å². The van der Waals surface area contributed by atoms with Gasteiger partial charge >= 0.3 is 0 Å². The van der Waals surface area contributed by atoms with Crippen LogP contribution < -0.4 is 11.1 Å². The lowest BCUT2D eigenvalue weighted by Gasteiger charge is -2.22. The van der Waals surface area contributed by atoms with E-state index in [1.54, 1.807) is 12.1 Å². The first-order valence-corrected chi connectivity index (χ1v) is 9.14. The quantitative estimate of drug-likeness (QED) is 0.643. The van der Waals surface area contributed by atoms with Crippen LogP contribution in [-0.4, -0.2) is 36.4 Å². The molecule has 1 atom stereocenters.